The Balaban J connectivity index is 1.74. The zero-order valence-electron chi connectivity index (χ0n) is 10.5. The van der Waals surface area contributed by atoms with E-state index in [1.165, 1.54) is 6.92 Å². The fourth-order valence-corrected chi connectivity index (χ4v) is 4.47. The number of allylic oxidation sites excluding steroid dienone is 2. The van der Waals surface area contributed by atoms with E-state index in [9.17, 15) is 14.4 Å². The van der Waals surface area contributed by atoms with Gasteiger partial charge in [0.1, 0.15) is 6.04 Å². The molecule has 0 unspecified atom stereocenters. The summed E-state index contributed by atoms with van der Waals surface area (Å²) in [5, 5.41) is 9.06. The van der Waals surface area contributed by atoms with Crippen molar-refractivity contribution in [3.8, 4) is 0 Å². The molecule has 2 saturated carbocycles. The summed E-state index contributed by atoms with van der Waals surface area (Å²) >= 11 is 0. The number of carboxylic acid groups (broad SMARTS) is 1. The van der Waals surface area contributed by atoms with Crippen molar-refractivity contribution in [3.63, 3.8) is 0 Å². The van der Waals surface area contributed by atoms with E-state index in [-0.39, 0.29) is 35.5 Å². The fourth-order valence-electron chi connectivity index (χ4n) is 4.47. The molecule has 5 nitrogen and oxygen atoms in total. The van der Waals surface area contributed by atoms with Crippen LogP contribution in [0.1, 0.15) is 13.3 Å². The molecule has 4 aliphatic carbocycles. The van der Waals surface area contributed by atoms with Crippen molar-refractivity contribution < 1.29 is 19.5 Å². The summed E-state index contributed by atoms with van der Waals surface area (Å²) in [6.07, 6.45) is 5.28. The average Bonchev–Trinajstić information content (AvgIpc) is 3.14. The van der Waals surface area contributed by atoms with Crippen molar-refractivity contribution in [2.24, 2.45) is 35.5 Å². The van der Waals surface area contributed by atoms with Gasteiger partial charge in [-0.25, -0.2) is 4.79 Å². The number of rotatable bonds is 2. The molecular formula is C14H15NO4. The van der Waals surface area contributed by atoms with Crippen molar-refractivity contribution in [1.29, 1.82) is 0 Å². The molecule has 1 N–H and O–H groups in total. The van der Waals surface area contributed by atoms with Gasteiger partial charge < -0.3 is 5.11 Å². The van der Waals surface area contributed by atoms with Crippen LogP contribution < -0.4 is 0 Å². The van der Waals surface area contributed by atoms with Crippen LogP contribution in [0.3, 0.4) is 0 Å². The highest BCUT2D eigenvalue weighted by Gasteiger charge is 2.67. The van der Waals surface area contributed by atoms with Crippen molar-refractivity contribution in [2.45, 2.75) is 19.4 Å². The molecule has 2 amide bonds. The Labute approximate surface area is 110 Å². The lowest BCUT2D eigenvalue weighted by atomic mass is 9.63. The molecule has 0 spiro atoms. The SMILES string of the molecule is C[C@H](C(=O)O)N1C(=O)[C@@H]2[C@@H]3C=C[C@H]([C@H]4C[C@H]34)[C@@H]2C1=O. The van der Waals surface area contributed by atoms with E-state index in [4.69, 9.17) is 5.11 Å². The monoisotopic (exact) mass is 261 g/mol. The largest absolute Gasteiger partial charge is 0.480 e. The van der Waals surface area contributed by atoms with E-state index in [0.29, 0.717) is 11.8 Å². The summed E-state index contributed by atoms with van der Waals surface area (Å²) in [6.45, 7) is 1.41. The number of amides is 2. The smallest absolute Gasteiger partial charge is 0.326 e. The molecule has 100 valence electrons. The third kappa shape index (κ3) is 1.18. The number of carbonyl (C=O) groups is 3. The van der Waals surface area contributed by atoms with Crippen LogP contribution in [0.4, 0.5) is 0 Å². The maximum atomic E-state index is 12.5. The quantitative estimate of drug-likeness (QED) is 0.580. The van der Waals surface area contributed by atoms with Crippen LogP contribution >= 0.6 is 0 Å². The number of carbonyl (C=O) groups excluding carboxylic acids is 2. The summed E-state index contributed by atoms with van der Waals surface area (Å²) in [5.74, 6) is -0.845. The standard InChI is InChI=1S/C14H15NO4/c1-5(14(18)19)15-12(16)10-6-2-3-7(9-4-8(6)9)11(10)13(15)17/h2-3,5-11H,4H2,1H3,(H,18,19)/t5-,6-,7-,8-,9-,10-,11+/m1/s1. The average molecular weight is 261 g/mol. The fraction of sp³-hybridized carbons (Fsp3) is 0.643. The molecule has 1 aliphatic heterocycles. The topological polar surface area (TPSA) is 74.7 Å². The van der Waals surface area contributed by atoms with E-state index in [0.717, 1.165) is 11.3 Å². The molecule has 5 heteroatoms. The molecule has 1 heterocycles. The van der Waals surface area contributed by atoms with Crippen LogP contribution in [-0.4, -0.2) is 33.8 Å². The molecule has 7 atom stereocenters. The van der Waals surface area contributed by atoms with Gasteiger partial charge >= 0.3 is 5.97 Å². The van der Waals surface area contributed by atoms with Gasteiger partial charge in [0.2, 0.25) is 11.8 Å². The number of carboxylic acids is 1. The van der Waals surface area contributed by atoms with Gasteiger partial charge in [-0.15, -0.1) is 0 Å². The van der Waals surface area contributed by atoms with Gasteiger partial charge in [0.15, 0.2) is 0 Å². The summed E-state index contributed by atoms with van der Waals surface area (Å²) in [6, 6.07) is -1.05. The first-order valence-corrected chi connectivity index (χ1v) is 6.80. The molecule has 0 aromatic carbocycles. The van der Waals surface area contributed by atoms with Crippen molar-refractivity contribution in [3.05, 3.63) is 12.2 Å². The molecule has 3 fully saturated rings. The van der Waals surface area contributed by atoms with Gasteiger partial charge in [-0.05, 0) is 37.0 Å². The van der Waals surface area contributed by atoms with Gasteiger partial charge in [0.25, 0.3) is 0 Å². The Kier molecular flexibility index (Phi) is 1.92. The zero-order valence-corrected chi connectivity index (χ0v) is 10.5. The molecule has 0 radical (unpaired) electrons. The number of hydrogen-bond donors (Lipinski definition) is 1. The summed E-state index contributed by atoms with van der Waals surface area (Å²) in [7, 11) is 0. The summed E-state index contributed by atoms with van der Waals surface area (Å²) < 4.78 is 0. The van der Waals surface area contributed by atoms with Gasteiger partial charge in [-0.2, -0.15) is 0 Å². The van der Waals surface area contributed by atoms with Crippen molar-refractivity contribution >= 4 is 17.8 Å². The summed E-state index contributed by atoms with van der Waals surface area (Å²) in [5.41, 5.74) is 0. The highest BCUT2D eigenvalue weighted by Crippen LogP contribution is 2.65. The van der Waals surface area contributed by atoms with Crippen LogP contribution in [0.25, 0.3) is 0 Å². The maximum absolute atomic E-state index is 12.5. The third-order valence-electron chi connectivity index (χ3n) is 5.44. The third-order valence-corrected chi connectivity index (χ3v) is 5.44. The number of aliphatic carboxylic acids is 1. The predicted molar refractivity (Wildman–Crippen MR) is 63.6 cm³/mol. The van der Waals surface area contributed by atoms with Crippen LogP contribution in [0.2, 0.25) is 0 Å². The lowest BCUT2D eigenvalue weighted by molar-refractivity contribution is -0.154. The van der Waals surface area contributed by atoms with Crippen molar-refractivity contribution in [1.82, 2.24) is 4.90 Å². The van der Waals surface area contributed by atoms with Crippen LogP contribution in [0, 0.1) is 35.5 Å². The first-order chi connectivity index (χ1) is 9.02. The molecule has 2 bridgehead atoms. The number of hydrogen-bond acceptors (Lipinski definition) is 3. The molecule has 0 aromatic rings. The van der Waals surface area contributed by atoms with Gasteiger partial charge in [-0.3, -0.25) is 14.5 Å². The Morgan fingerprint density at radius 1 is 1.21 bits per heavy atom. The second kappa shape index (κ2) is 3.26. The van der Waals surface area contributed by atoms with Gasteiger partial charge in [0, 0.05) is 0 Å². The Morgan fingerprint density at radius 2 is 1.68 bits per heavy atom. The number of imide groups is 1. The van der Waals surface area contributed by atoms with E-state index in [1.807, 2.05) is 0 Å². The lowest BCUT2D eigenvalue weighted by Crippen LogP contribution is -2.43. The number of nitrogens with zero attached hydrogens (tertiary/aromatic N) is 1. The first kappa shape index (κ1) is 11.2. The summed E-state index contributed by atoms with van der Waals surface area (Å²) in [4.78, 5) is 37.0. The Hall–Kier alpha value is -1.65. The predicted octanol–water partition coefficient (Wildman–Crippen LogP) is 0.513. The second-order valence-electron chi connectivity index (χ2n) is 6.22. The first-order valence-electron chi connectivity index (χ1n) is 6.80. The Bertz CT molecular complexity index is 504. The molecule has 0 aromatic heterocycles. The molecule has 1 saturated heterocycles. The molecule has 5 rings (SSSR count). The molecule has 19 heavy (non-hydrogen) atoms. The van der Waals surface area contributed by atoms with Crippen molar-refractivity contribution in [2.75, 3.05) is 0 Å². The normalized spacial score (nSPS) is 47.1. The van der Waals surface area contributed by atoms with E-state index in [2.05, 4.69) is 12.2 Å². The van der Waals surface area contributed by atoms with Gasteiger partial charge in [-0.1, -0.05) is 12.2 Å². The minimum atomic E-state index is -1.12. The second-order valence-corrected chi connectivity index (χ2v) is 6.22. The van der Waals surface area contributed by atoms with Crippen LogP contribution in [0.15, 0.2) is 12.2 Å². The Morgan fingerprint density at radius 3 is 2.11 bits per heavy atom. The van der Waals surface area contributed by atoms with E-state index in [1.54, 1.807) is 0 Å². The van der Waals surface area contributed by atoms with E-state index < -0.39 is 12.0 Å². The van der Waals surface area contributed by atoms with Crippen LogP contribution in [-0.2, 0) is 14.4 Å². The maximum Gasteiger partial charge on any atom is 0.326 e. The molecule has 5 aliphatic rings. The minimum absolute atomic E-state index is 0.155. The zero-order chi connectivity index (χ0) is 13.5. The van der Waals surface area contributed by atoms with E-state index >= 15 is 0 Å². The lowest BCUT2D eigenvalue weighted by Gasteiger charge is -2.37. The van der Waals surface area contributed by atoms with Gasteiger partial charge in [0.05, 0.1) is 11.8 Å². The van der Waals surface area contributed by atoms with Crippen LogP contribution in [0.5, 0.6) is 0 Å². The molecular weight excluding hydrogens is 246 g/mol. The highest BCUT2D eigenvalue weighted by atomic mass is 16.4. The minimum Gasteiger partial charge on any atom is -0.480 e. The highest BCUT2D eigenvalue weighted by molar-refractivity contribution is 6.08. The number of likely N-dealkylation sites (tertiary alicyclic amines) is 1.